The molecule has 0 spiro atoms. The van der Waals surface area contributed by atoms with Crippen LogP contribution >= 0.6 is 0 Å². The first-order valence-corrected chi connectivity index (χ1v) is 6.45. The molecule has 0 aliphatic carbocycles. The lowest BCUT2D eigenvalue weighted by Gasteiger charge is -2.06. The predicted molar refractivity (Wildman–Crippen MR) is 73.9 cm³/mol. The Bertz CT molecular complexity index is 588. The van der Waals surface area contributed by atoms with E-state index in [1.54, 1.807) is 33.7 Å². The van der Waals surface area contributed by atoms with Gasteiger partial charge >= 0.3 is 5.69 Å². The van der Waals surface area contributed by atoms with E-state index in [1.165, 1.54) is 12.1 Å². The summed E-state index contributed by atoms with van der Waals surface area (Å²) in [6, 6.07) is 6.29. The molecular formula is C14H18FN3O. The first-order chi connectivity index (χ1) is 9.20. The number of aryl methyl sites for hydroxylation is 1. The van der Waals surface area contributed by atoms with Gasteiger partial charge in [0.2, 0.25) is 0 Å². The Labute approximate surface area is 111 Å². The van der Waals surface area contributed by atoms with Gasteiger partial charge in [0.1, 0.15) is 5.82 Å². The van der Waals surface area contributed by atoms with E-state index >= 15 is 0 Å². The Morgan fingerprint density at radius 3 is 2.63 bits per heavy atom. The van der Waals surface area contributed by atoms with Gasteiger partial charge < -0.3 is 5.32 Å². The van der Waals surface area contributed by atoms with Crippen LogP contribution in [0.25, 0.3) is 0 Å². The minimum Gasteiger partial charge on any atom is -0.383 e. The van der Waals surface area contributed by atoms with Crippen LogP contribution in [-0.4, -0.2) is 15.7 Å². The van der Waals surface area contributed by atoms with Crippen LogP contribution < -0.4 is 11.0 Å². The first kappa shape index (κ1) is 13.4. The third-order valence-electron chi connectivity index (χ3n) is 2.89. The lowest BCUT2D eigenvalue weighted by molar-refractivity contribution is 0.609. The SMILES string of the molecule is CCCn1ccn(CCNc2cccc(F)c2)c1=O. The van der Waals surface area contributed by atoms with Crippen molar-refractivity contribution in [3.63, 3.8) is 0 Å². The predicted octanol–water partition coefficient (Wildman–Crippen LogP) is 2.31. The lowest BCUT2D eigenvalue weighted by Crippen LogP contribution is -2.26. The highest BCUT2D eigenvalue weighted by Crippen LogP contribution is 2.08. The molecule has 1 aromatic heterocycles. The summed E-state index contributed by atoms with van der Waals surface area (Å²) >= 11 is 0. The van der Waals surface area contributed by atoms with E-state index < -0.39 is 0 Å². The fourth-order valence-electron chi connectivity index (χ4n) is 1.95. The molecule has 1 aromatic carbocycles. The number of halogens is 1. The minimum atomic E-state index is -0.267. The van der Waals surface area contributed by atoms with Crippen molar-refractivity contribution in [1.29, 1.82) is 0 Å². The van der Waals surface area contributed by atoms with Crippen molar-refractivity contribution in [2.75, 3.05) is 11.9 Å². The van der Waals surface area contributed by atoms with Crippen LogP contribution in [0.5, 0.6) is 0 Å². The van der Waals surface area contributed by atoms with Gasteiger partial charge in [0.05, 0.1) is 0 Å². The molecule has 0 unspecified atom stereocenters. The van der Waals surface area contributed by atoms with Crippen LogP contribution in [0.1, 0.15) is 13.3 Å². The summed E-state index contributed by atoms with van der Waals surface area (Å²) in [4.78, 5) is 11.9. The molecule has 1 heterocycles. The quantitative estimate of drug-likeness (QED) is 0.868. The van der Waals surface area contributed by atoms with E-state index in [9.17, 15) is 9.18 Å². The van der Waals surface area contributed by atoms with Gasteiger partial charge in [-0.1, -0.05) is 13.0 Å². The number of rotatable bonds is 6. The monoisotopic (exact) mass is 263 g/mol. The molecule has 1 N–H and O–H groups in total. The molecule has 0 saturated heterocycles. The van der Waals surface area contributed by atoms with E-state index in [-0.39, 0.29) is 11.5 Å². The van der Waals surface area contributed by atoms with Crippen molar-refractivity contribution in [1.82, 2.24) is 9.13 Å². The molecule has 0 aliphatic rings. The molecule has 4 nitrogen and oxygen atoms in total. The maximum absolute atomic E-state index is 13.0. The number of benzene rings is 1. The van der Waals surface area contributed by atoms with E-state index in [1.807, 2.05) is 6.92 Å². The minimum absolute atomic E-state index is 0.00268. The number of nitrogens with zero attached hydrogens (tertiary/aromatic N) is 2. The maximum atomic E-state index is 13.0. The van der Waals surface area contributed by atoms with Crippen LogP contribution in [0, 0.1) is 5.82 Å². The number of hydrogen-bond acceptors (Lipinski definition) is 2. The van der Waals surface area contributed by atoms with Gasteiger partial charge in [0.15, 0.2) is 0 Å². The van der Waals surface area contributed by atoms with Crippen LogP contribution in [-0.2, 0) is 13.1 Å². The van der Waals surface area contributed by atoms with E-state index in [2.05, 4.69) is 5.32 Å². The Hall–Kier alpha value is -2.04. The van der Waals surface area contributed by atoms with E-state index in [0.29, 0.717) is 13.1 Å². The fraction of sp³-hybridized carbons (Fsp3) is 0.357. The van der Waals surface area contributed by atoms with Gasteiger partial charge in [-0.2, -0.15) is 0 Å². The Kier molecular flexibility index (Phi) is 4.39. The standard InChI is InChI=1S/C14H18FN3O/c1-2-7-17-9-10-18(14(17)19)8-6-16-13-5-3-4-12(15)11-13/h3-5,9-11,16H,2,6-8H2,1H3. The highest BCUT2D eigenvalue weighted by molar-refractivity contribution is 5.42. The normalized spacial score (nSPS) is 10.6. The molecule has 0 aliphatic heterocycles. The Balaban J connectivity index is 1.91. The average Bonchev–Trinajstić information content (AvgIpc) is 2.72. The van der Waals surface area contributed by atoms with Crippen molar-refractivity contribution in [2.24, 2.45) is 0 Å². The van der Waals surface area contributed by atoms with Crippen LogP contribution in [0.4, 0.5) is 10.1 Å². The third-order valence-corrected chi connectivity index (χ3v) is 2.89. The van der Waals surface area contributed by atoms with Crippen molar-refractivity contribution in [2.45, 2.75) is 26.4 Å². The third kappa shape index (κ3) is 3.47. The van der Waals surface area contributed by atoms with Crippen molar-refractivity contribution >= 4 is 5.69 Å². The molecular weight excluding hydrogens is 245 g/mol. The number of anilines is 1. The molecule has 2 rings (SSSR count). The Morgan fingerprint density at radius 2 is 1.95 bits per heavy atom. The molecule has 2 aromatic rings. The summed E-state index contributed by atoms with van der Waals surface area (Å²) in [7, 11) is 0. The summed E-state index contributed by atoms with van der Waals surface area (Å²) in [5.41, 5.74) is 0.726. The average molecular weight is 263 g/mol. The van der Waals surface area contributed by atoms with Gasteiger partial charge in [-0.25, -0.2) is 9.18 Å². The second kappa shape index (κ2) is 6.22. The number of hydrogen-bond donors (Lipinski definition) is 1. The number of nitrogens with one attached hydrogen (secondary N) is 1. The van der Waals surface area contributed by atoms with Gasteiger partial charge in [-0.3, -0.25) is 9.13 Å². The first-order valence-electron chi connectivity index (χ1n) is 6.45. The lowest BCUT2D eigenvalue weighted by atomic mass is 10.3. The van der Waals surface area contributed by atoms with E-state index in [4.69, 9.17) is 0 Å². The van der Waals surface area contributed by atoms with Gasteiger partial charge in [-0.15, -0.1) is 0 Å². The zero-order valence-corrected chi connectivity index (χ0v) is 11.0. The summed E-state index contributed by atoms with van der Waals surface area (Å²) in [5, 5.41) is 3.09. The van der Waals surface area contributed by atoms with Crippen LogP contribution in [0.2, 0.25) is 0 Å². The second-order valence-corrected chi connectivity index (χ2v) is 4.40. The number of imidazole rings is 1. The van der Waals surface area contributed by atoms with Crippen molar-refractivity contribution in [3.8, 4) is 0 Å². The highest BCUT2D eigenvalue weighted by Gasteiger charge is 2.01. The highest BCUT2D eigenvalue weighted by atomic mass is 19.1. The summed E-state index contributed by atoms with van der Waals surface area (Å²) in [5.74, 6) is -0.267. The fourth-order valence-corrected chi connectivity index (χ4v) is 1.95. The summed E-state index contributed by atoms with van der Waals surface area (Å²) in [6.07, 6.45) is 4.52. The van der Waals surface area contributed by atoms with Gasteiger partial charge in [0, 0.05) is 37.7 Å². The molecule has 0 amide bonds. The van der Waals surface area contributed by atoms with E-state index in [0.717, 1.165) is 18.7 Å². The molecule has 0 radical (unpaired) electrons. The zero-order valence-electron chi connectivity index (χ0n) is 11.0. The summed E-state index contributed by atoms with van der Waals surface area (Å²) < 4.78 is 16.3. The Morgan fingerprint density at radius 1 is 1.21 bits per heavy atom. The molecule has 5 heteroatoms. The van der Waals surface area contributed by atoms with Crippen molar-refractivity contribution in [3.05, 3.63) is 53.0 Å². The smallest absolute Gasteiger partial charge is 0.328 e. The van der Waals surface area contributed by atoms with Crippen LogP contribution in [0.3, 0.4) is 0 Å². The summed E-state index contributed by atoms with van der Waals surface area (Å²) in [6.45, 7) is 3.92. The number of aromatic nitrogens is 2. The molecule has 0 saturated carbocycles. The molecule has 102 valence electrons. The largest absolute Gasteiger partial charge is 0.383 e. The molecule has 0 bridgehead atoms. The van der Waals surface area contributed by atoms with Crippen molar-refractivity contribution < 1.29 is 4.39 Å². The van der Waals surface area contributed by atoms with Crippen LogP contribution in [0.15, 0.2) is 41.5 Å². The second-order valence-electron chi connectivity index (χ2n) is 4.40. The van der Waals surface area contributed by atoms with Gasteiger partial charge in [-0.05, 0) is 24.6 Å². The maximum Gasteiger partial charge on any atom is 0.328 e. The topological polar surface area (TPSA) is 39.0 Å². The zero-order chi connectivity index (χ0) is 13.7. The molecule has 0 fully saturated rings. The molecule has 0 atom stereocenters. The van der Waals surface area contributed by atoms with Gasteiger partial charge in [0.25, 0.3) is 0 Å². The molecule has 19 heavy (non-hydrogen) atoms.